The summed E-state index contributed by atoms with van der Waals surface area (Å²) in [5, 5.41) is 10.8. The molecule has 7 heteroatoms. The first kappa shape index (κ1) is 15.6. The number of carbonyl (C=O) groups excluding carboxylic acids is 2. The smallest absolute Gasteiger partial charge is 0.340 e. The van der Waals surface area contributed by atoms with Gasteiger partial charge < -0.3 is 14.6 Å². The number of nitrogens with one attached hydrogen (secondary N) is 2. The molecule has 22 heavy (non-hydrogen) atoms. The minimum Gasteiger partial charge on any atom is -0.449 e. The molecule has 1 fully saturated rings. The van der Waals surface area contributed by atoms with Gasteiger partial charge in [-0.2, -0.15) is 0 Å². The highest BCUT2D eigenvalue weighted by Gasteiger charge is 2.37. The summed E-state index contributed by atoms with van der Waals surface area (Å²) in [5.41, 5.74) is -0.415. The van der Waals surface area contributed by atoms with Gasteiger partial charge in [0, 0.05) is 19.4 Å². The summed E-state index contributed by atoms with van der Waals surface area (Å²) in [6.45, 7) is 3.51. The van der Waals surface area contributed by atoms with Gasteiger partial charge in [-0.15, -0.1) is 5.92 Å². The Morgan fingerprint density at radius 3 is 2.95 bits per heavy atom. The molecule has 7 nitrogen and oxygen atoms in total. The fourth-order valence-electron chi connectivity index (χ4n) is 2.16. The number of ether oxygens (including phenoxy) is 1. The average molecular weight is 302 g/mol. The number of hydrogen-bond acceptors (Lipinski definition) is 4. The third kappa shape index (κ3) is 2.96. The van der Waals surface area contributed by atoms with Crippen LogP contribution in [0.4, 0.5) is 0 Å². The minimum absolute atomic E-state index is 0.0230. The van der Waals surface area contributed by atoms with Crippen LogP contribution in [0, 0.1) is 17.3 Å². The number of nitrogens with zero attached hydrogens (tertiary/aromatic N) is 2. The topological polar surface area (TPSA) is 87.4 Å². The molecule has 1 aliphatic rings. The molecular formula is C15H18N4O3. The Balaban J connectivity index is 2.16. The average Bonchev–Trinajstić information content (AvgIpc) is 2.95. The van der Waals surface area contributed by atoms with Crippen molar-refractivity contribution in [3.8, 4) is 11.8 Å². The van der Waals surface area contributed by atoms with Crippen molar-refractivity contribution in [2.75, 3.05) is 13.7 Å². The largest absolute Gasteiger partial charge is 0.449 e. The number of amides is 1. The standard InChI is InChI=1S/C15H18N4O3/c1-4-5-8-22-13(21)11-6-7-19(10-11)15(2)9-12(20)18(3)14(16)17-15/h6-7,10H,8-9H2,1-3H3,(H2,16,17)/t15-/m1/s1. The van der Waals surface area contributed by atoms with Crippen LogP contribution in [0.25, 0.3) is 0 Å². The highest BCUT2D eigenvalue weighted by molar-refractivity contribution is 5.98. The van der Waals surface area contributed by atoms with Gasteiger partial charge in [0.15, 0.2) is 12.6 Å². The molecular weight excluding hydrogens is 284 g/mol. The third-order valence-corrected chi connectivity index (χ3v) is 3.54. The molecule has 1 aromatic rings. The summed E-state index contributed by atoms with van der Waals surface area (Å²) in [6, 6.07) is 1.61. The molecule has 0 bridgehead atoms. The molecule has 2 N–H and O–H groups in total. The zero-order valence-electron chi connectivity index (χ0n) is 12.8. The van der Waals surface area contributed by atoms with Crippen molar-refractivity contribution in [3.05, 3.63) is 24.0 Å². The van der Waals surface area contributed by atoms with E-state index in [1.54, 1.807) is 43.9 Å². The molecule has 0 aromatic carbocycles. The van der Waals surface area contributed by atoms with Crippen LogP contribution in [0.3, 0.4) is 0 Å². The van der Waals surface area contributed by atoms with Gasteiger partial charge in [-0.3, -0.25) is 15.1 Å². The lowest BCUT2D eigenvalue weighted by molar-refractivity contribution is -0.130. The van der Waals surface area contributed by atoms with Gasteiger partial charge in [-0.1, -0.05) is 5.92 Å². The number of aromatic nitrogens is 1. The number of esters is 1. The number of rotatable bonds is 3. The summed E-state index contributed by atoms with van der Waals surface area (Å²) in [7, 11) is 1.55. The Kier molecular flexibility index (Phi) is 4.22. The first-order valence-corrected chi connectivity index (χ1v) is 6.76. The first-order valence-electron chi connectivity index (χ1n) is 6.76. The lowest BCUT2D eigenvalue weighted by atomic mass is 10.1. The highest BCUT2D eigenvalue weighted by atomic mass is 16.5. The maximum absolute atomic E-state index is 11.9. The molecule has 0 spiro atoms. The molecule has 1 aromatic heterocycles. The molecule has 0 aliphatic carbocycles. The fraction of sp³-hybridized carbons (Fsp3) is 0.400. The van der Waals surface area contributed by atoms with E-state index in [2.05, 4.69) is 17.2 Å². The lowest BCUT2D eigenvalue weighted by Crippen LogP contribution is -2.60. The van der Waals surface area contributed by atoms with Crippen LogP contribution in [0.2, 0.25) is 0 Å². The molecule has 1 amide bonds. The van der Waals surface area contributed by atoms with Crippen molar-refractivity contribution in [2.45, 2.75) is 25.9 Å². The van der Waals surface area contributed by atoms with Gasteiger partial charge in [0.25, 0.3) is 0 Å². The maximum atomic E-state index is 11.9. The van der Waals surface area contributed by atoms with E-state index in [9.17, 15) is 9.59 Å². The second-order valence-corrected chi connectivity index (χ2v) is 5.19. The van der Waals surface area contributed by atoms with Gasteiger partial charge >= 0.3 is 5.97 Å². The lowest BCUT2D eigenvalue weighted by Gasteiger charge is -2.40. The zero-order valence-corrected chi connectivity index (χ0v) is 12.8. The van der Waals surface area contributed by atoms with E-state index in [1.165, 1.54) is 4.90 Å². The molecule has 0 radical (unpaired) electrons. The van der Waals surface area contributed by atoms with Crippen molar-refractivity contribution in [1.82, 2.24) is 14.8 Å². The Morgan fingerprint density at radius 2 is 2.32 bits per heavy atom. The first-order chi connectivity index (χ1) is 10.4. The van der Waals surface area contributed by atoms with Crippen LogP contribution in [0.15, 0.2) is 18.5 Å². The van der Waals surface area contributed by atoms with E-state index in [-0.39, 0.29) is 24.9 Å². The van der Waals surface area contributed by atoms with Crippen molar-refractivity contribution < 1.29 is 14.3 Å². The van der Waals surface area contributed by atoms with Crippen molar-refractivity contribution in [2.24, 2.45) is 0 Å². The normalized spacial score (nSPS) is 21.0. The van der Waals surface area contributed by atoms with Crippen LogP contribution >= 0.6 is 0 Å². The summed E-state index contributed by atoms with van der Waals surface area (Å²) in [4.78, 5) is 25.0. The summed E-state index contributed by atoms with van der Waals surface area (Å²) in [5.74, 6) is 4.68. The van der Waals surface area contributed by atoms with E-state index >= 15 is 0 Å². The molecule has 1 aliphatic heterocycles. The summed E-state index contributed by atoms with van der Waals surface area (Å²) >= 11 is 0. The Bertz CT molecular complexity index is 662. The van der Waals surface area contributed by atoms with E-state index in [0.717, 1.165) is 0 Å². The summed E-state index contributed by atoms with van der Waals surface area (Å²) in [6.07, 6.45) is 3.46. The molecule has 0 saturated carbocycles. The highest BCUT2D eigenvalue weighted by Crippen LogP contribution is 2.23. The maximum Gasteiger partial charge on any atom is 0.340 e. The Hall–Kier alpha value is -2.75. The molecule has 1 saturated heterocycles. The number of hydrogen-bond donors (Lipinski definition) is 2. The van der Waals surface area contributed by atoms with Crippen LogP contribution < -0.4 is 5.32 Å². The Morgan fingerprint density at radius 1 is 1.59 bits per heavy atom. The molecule has 2 rings (SSSR count). The van der Waals surface area contributed by atoms with Gasteiger partial charge in [0.2, 0.25) is 5.91 Å². The quantitative estimate of drug-likeness (QED) is 0.636. The van der Waals surface area contributed by atoms with Crippen molar-refractivity contribution in [1.29, 1.82) is 5.41 Å². The van der Waals surface area contributed by atoms with E-state index in [4.69, 9.17) is 10.1 Å². The van der Waals surface area contributed by atoms with Gasteiger partial charge in [-0.25, -0.2) is 4.79 Å². The van der Waals surface area contributed by atoms with E-state index < -0.39 is 11.6 Å². The molecule has 0 unspecified atom stereocenters. The van der Waals surface area contributed by atoms with Crippen LogP contribution in [0.1, 0.15) is 30.6 Å². The number of guanidine groups is 1. The monoisotopic (exact) mass is 302 g/mol. The zero-order chi connectivity index (χ0) is 16.3. The SMILES string of the molecule is CC#CCOC(=O)c1ccn([C@]2(C)CC(=O)N(C)C(=N)N2)c1. The van der Waals surface area contributed by atoms with Gasteiger partial charge in [-0.05, 0) is 19.9 Å². The van der Waals surface area contributed by atoms with E-state index in [0.29, 0.717) is 5.56 Å². The molecule has 1 atom stereocenters. The van der Waals surface area contributed by atoms with Crippen LogP contribution in [0.5, 0.6) is 0 Å². The fourth-order valence-corrected chi connectivity index (χ4v) is 2.16. The van der Waals surface area contributed by atoms with Crippen LogP contribution in [-0.2, 0) is 15.2 Å². The Labute approximate surface area is 128 Å². The minimum atomic E-state index is -0.789. The second kappa shape index (κ2) is 5.93. The third-order valence-electron chi connectivity index (χ3n) is 3.54. The van der Waals surface area contributed by atoms with Gasteiger partial charge in [0.05, 0.1) is 12.0 Å². The summed E-state index contributed by atoms with van der Waals surface area (Å²) < 4.78 is 6.70. The predicted octanol–water partition coefficient (Wildman–Crippen LogP) is 0.727. The molecule has 2 heterocycles. The number of carbonyl (C=O) groups is 2. The predicted molar refractivity (Wildman–Crippen MR) is 80.1 cm³/mol. The molecule has 116 valence electrons. The van der Waals surface area contributed by atoms with Crippen LogP contribution in [-0.4, -0.2) is 41.0 Å². The van der Waals surface area contributed by atoms with Crippen molar-refractivity contribution in [3.63, 3.8) is 0 Å². The second-order valence-electron chi connectivity index (χ2n) is 5.19. The van der Waals surface area contributed by atoms with Crippen molar-refractivity contribution >= 4 is 17.8 Å². The van der Waals surface area contributed by atoms with E-state index in [1.807, 2.05) is 0 Å². The van der Waals surface area contributed by atoms with Gasteiger partial charge in [0.1, 0.15) is 5.66 Å².